The van der Waals surface area contributed by atoms with E-state index in [1.807, 2.05) is 59.2 Å². The van der Waals surface area contributed by atoms with Gasteiger partial charge in [0.15, 0.2) is 29.9 Å². The van der Waals surface area contributed by atoms with E-state index < -0.39 is 41.0 Å². The van der Waals surface area contributed by atoms with Gasteiger partial charge in [0, 0.05) is 21.6 Å². The van der Waals surface area contributed by atoms with Crippen molar-refractivity contribution in [2.24, 2.45) is 0 Å². The summed E-state index contributed by atoms with van der Waals surface area (Å²) in [5.41, 5.74) is 3.01. The predicted octanol–water partition coefficient (Wildman–Crippen LogP) is 7.88. The first-order chi connectivity index (χ1) is 22.7. The number of thiazole rings is 2. The van der Waals surface area contributed by atoms with E-state index in [2.05, 4.69) is 20.6 Å². The molecule has 2 amide bonds. The minimum Gasteiger partial charge on any atom is -0.301 e. The van der Waals surface area contributed by atoms with Crippen molar-refractivity contribution in [2.45, 2.75) is 113 Å². The summed E-state index contributed by atoms with van der Waals surface area (Å²) in [6, 6.07) is 13.2. The molecular weight excluding hydrogens is 713 g/mol. The number of carbonyl (C=O) groups is 2. The Kier molecular flexibility index (Phi) is 12.0. The summed E-state index contributed by atoms with van der Waals surface area (Å²) in [6.07, 6.45) is 0. The van der Waals surface area contributed by atoms with Crippen LogP contribution in [0.3, 0.4) is 0 Å². The number of hydrogen-bond acceptors (Lipinski definition) is 10. The second-order valence-corrected chi connectivity index (χ2v) is 21.8. The molecule has 0 unspecified atom stereocenters. The van der Waals surface area contributed by atoms with Crippen LogP contribution in [-0.4, -0.2) is 48.1 Å². The molecule has 0 atom stereocenters. The normalized spacial score (nSPS) is 12.9. The number of carbonyl (C=O) groups excluding carboxylic acids is 2. The van der Waals surface area contributed by atoms with Crippen LogP contribution in [0.15, 0.2) is 69.1 Å². The summed E-state index contributed by atoms with van der Waals surface area (Å²) in [6.45, 7) is 21.4. The molecule has 10 nitrogen and oxygen atoms in total. The van der Waals surface area contributed by atoms with Crippen molar-refractivity contribution in [2.75, 3.05) is 10.6 Å². The first-order valence-corrected chi connectivity index (χ1v) is 20.6. The molecule has 2 aromatic heterocycles. The Morgan fingerprint density at radius 2 is 1.00 bits per heavy atom. The van der Waals surface area contributed by atoms with Crippen LogP contribution >= 0.6 is 22.7 Å². The largest absolute Gasteiger partial charge is 0.301 e. The van der Waals surface area contributed by atoms with Gasteiger partial charge in [0.1, 0.15) is 9.49 Å². The quantitative estimate of drug-likeness (QED) is 0.184. The molecule has 14 heteroatoms. The van der Waals surface area contributed by atoms with Crippen LogP contribution in [0.2, 0.25) is 0 Å². The Hall–Kier alpha value is -3.46. The van der Waals surface area contributed by atoms with E-state index >= 15 is 0 Å². The maximum atomic E-state index is 13.0. The van der Waals surface area contributed by atoms with Crippen molar-refractivity contribution in [3.8, 4) is 0 Å². The van der Waals surface area contributed by atoms with Gasteiger partial charge in [-0.25, -0.2) is 26.8 Å². The lowest BCUT2D eigenvalue weighted by Gasteiger charge is -2.24. The second kappa shape index (κ2) is 14.6. The predicted molar refractivity (Wildman–Crippen MR) is 204 cm³/mol. The molecular formula is C36H48N4O6S4. The molecule has 0 fully saturated rings. The minimum atomic E-state index is -3.85. The average molecular weight is 761 g/mol. The highest BCUT2D eigenvalue weighted by Crippen LogP contribution is 2.32. The standard InChI is InChI=1S/2C18H24N2O3S2/c1-12-7-9-13(10-8-12)25(22,23)18(5,6)15(21)20-16-19-14(11-24-16)17(2,3)4;1-12-9-7-8-10-13(12)25(22,23)18(5,6)15(21)20-16-19-14(11-24-16)17(2,3)4/h2*7-11H,1-6H3,(H,19,20,21). The van der Waals surface area contributed by atoms with Crippen LogP contribution in [0.25, 0.3) is 0 Å². The Morgan fingerprint density at radius 1 is 0.600 bits per heavy atom. The van der Waals surface area contributed by atoms with E-state index in [4.69, 9.17) is 0 Å². The summed E-state index contributed by atoms with van der Waals surface area (Å²) in [7, 11) is -7.68. The zero-order valence-electron chi connectivity index (χ0n) is 30.8. The van der Waals surface area contributed by atoms with Gasteiger partial charge in [-0.2, -0.15) is 0 Å². The number of sulfone groups is 2. The molecule has 4 rings (SSSR count). The van der Waals surface area contributed by atoms with Crippen LogP contribution in [0.5, 0.6) is 0 Å². The van der Waals surface area contributed by atoms with Crippen molar-refractivity contribution >= 4 is 64.4 Å². The van der Waals surface area contributed by atoms with Gasteiger partial charge >= 0.3 is 0 Å². The minimum absolute atomic E-state index is 0.132. The van der Waals surface area contributed by atoms with Gasteiger partial charge < -0.3 is 10.6 Å². The fraction of sp³-hybridized carbons (Fsp3) is 0.444. The molecule has 2 heterocycles. The average Bonchev–Trinajstić information content (AvgIpc) is 3.68. The smallest absolute Gasteiger partial charge is 0.247 e. The number of amides is 2. The molecule has 0 spiro atoms. The molecule has 50 heavy (non-hydrogen) atoms. The number of aryl methyl sites for hydroxylation is 2. The molecule has 0 aliphatic carbocycles. The number of benzene rings is 2. The van der Waals surface area contributed by atoms with Crippen molar-refractivity contribution in [1.29, 1.82) is 0 Å². The van der Waals surface area contributed by atoms with E-state index in [0.717, 1.165) is 17.0 Å². The summed E-state index contributed by atoms with van der Waals surface area (Å²) in [5.74, 6) is -1.19. The lowest BCUT2D eigenvalue weighted by Crippen LogP contribution is -2.44. The Morgan fingerprint density at radius 3 is 1.38 bits per heavy atom. The van der Waals surface area contributed by atoms with Crippen LogP contribution in [0.4, 0.5) is 10.3 Å². The molecule has 0 aliphatic heterocycles. The third-order valence-electron chi connectivity index (χ3n) is 8.14. The monoisotopic (exact) mass is 760 g/mol. The number of hydrogen-bond donors (Lipinski definition) is 2. The maximum absolute atomic E-state index is 13.0. The van der Waals surface area contributed by atoms with E-state index in [0.29, 0.717) is 15.8 Å². The maximum Gasteiger partial charge on any atom is 0.247 e. The van der Waals surface area contributed by atoms with Crippen LogP contribution in [0, 0.1) is 13.8 Å². The highest BCUT2D eigenvalue weighted by Gasteiger charge is 2.44. The zero-order chi connectivity index (χ0) is 38.1. The Balaban J connectivity index is 0.000000270. The first-order valence-electron chi connectivity index (χ1n) is 15.9. The van der Waals surface area contributed by atoms with Crippen molar-refractivity contribution in [1.82, 2.24) is 9.97 Å². The van der Waals surface area contributed by atoms with Gasteiger partial charge in [0.25, 0.3) is 0 Å². The molecule has 272 valence electrons. The third-order valence-corrected chi connectivity index (χ3v) is 14.6. The fourth-order valence-electron chi connectivity index (χ4n) is 4.24. The highest BCUT2D eigenvalue weighted by molar-refractivity contribution is 7.94. The first kappa shape index (κ1) is 41.0. The fourth-order valence-corrected chi connectivity index (χ4v) is 9.07. The van der Waals surface area contributed by atoms with Crippen LogP contribution in [-0.2, 0) is 40.1 Å². The lowest BCUT2D eigenvalue weighted by atomic mass is 9.93. The number of nitrogens with zero attached hydrogens (tertiary/aromatic N) is 2. The number of rotatable bonds is 8. The van der Waals surface area contributed by atoms with E-state index in [1.165, 1.54) is 68.6 Å². The molecule has 0 saturated heterocycles. The summed E-state index contributed by atoms with van der Waals surface area (Å²) >= 11 is 2.58. The summed E-state index contributed by atoms with van der Waals surface area (Å²) in [4.78, 5) is 34.5. The lowest BCUT2D eigenvalue weighted by molar-refractivity contribution is -0.118. The van der Waals surface area contributed by atoms with Gasteiger partial charge in [-0.1, -0.05) is 77.4 Å². The Bertz CT molecular complexity index is 2060. The van der Waals surface area contributed by atoms with Gasteiger partial charge in [0.05, 0.1) is 21.2 Å². The van der Waals surface area contributed by atoms with E-state index in [9.17, 15) is 26.4 Å². The van der Waals surface area contributed by atoms with Crippen molar-refractivity contribution in [3.05, 3.63) is 81.8 Å². The third kappa shape index (κ3) is 8.87. The molecule has 0 aliphatic rings. The van der Waals surface area contributed by atoms with Crippen molar-refractivity contribution < 1.29 is 26.4 Å². The van der Waals surface area contributed by atoms with Gasteiger partial charge in [-0.15, -0.1) is 22.7 Å². The van der Waals surface area contributed by atoms with E-state index in [1.54, 1.807) is 37.3 Å². The van der Waals surface area contributed by atoms with Gasteiger partial charge in [-0.05, 0) is 65.3 Å². The van der Waals surface area contributed by atoms with Gasteiger partial charge in [0.2, 0.25) is 11.8 Å². The number of anilines is 2. The van der Waals surface area contributed by atoms with Crippen LogP contribution < -0.4 is 10.6 Å². The SMILES string of the molecule is Cc1ccc(S(=O)(=O)C(C)(C)C(=O)Nc2nc(C(C)(C)C)cs2)cc1.Cc1ccccc1S(=O)(=O)C(C)(C)C(=O)Nc1nc(C(C)(C)C)cs1. The second-order valence-electron chi connectivity index (χ2n) is 15.1. The Labute approximate surface area is 305 Å². The topological polar surface area (TPSA) is 152 Å². The molecule has 2 N–H and O–H groups in total. The van der Waals surface area contributed by atoms with E-state index in [-0.39, 0.29) is 20.6 Å². The highest BCUT2D eigenvalue weighted by atomic mass is 32.2. The molecule has 4 aromatic rings. The molecule has 0 bridgehead atoms. The number of aromatic nitrogens is 2. The molecule has 2 aromatic carbocycles. The summed E-state index contributed by atoms with van der Waals surface area (Å²) in [5, 5.41) is 9.87. The zero-order valence-corrected chi connectivity index (χ0v) is 34.0. The summed E-state index contributed by atoms with van der Waals surface area (Å²) < 4.78 is 48.5. The number of nitrogens with one attached hydrogen (secondary N) is 2. The molecule has 0 radical (unpaired) electrons. The molecule has 0 saturated carbocycles. The van der Waals surface area contributed by atoms with Crippen LogP contribution in [0.1, 0.15) is 91.8 Å². The van der Waals surface area contributed by atoms with Crippen molar-refractivity contribution in [3.63, 3.8) is 0 Å². The van der Waals surface area contributed by atoms with Gasteiger partial charge in [-0.3, -0.25) is 9.59 Å².